The van der Waals surface area contributed by atoms with Crippen LogP contribution in [0.1, 0.15) is 12.8 Å². The normalized spacial score (nSPS) is 23.7. The van der Waals surface area contributed by atoms with Crippen molar-refractivity contribution in [2.45, 2.75) is 18.9 Å². The number of hydrogen-bond acceptors (Lipinski definition) is 3. The van der Waals surface area contributed by atoms with Crippen molar-refractivity contribution in [2.75, 3.05) is 11.4 Å². The van der Waals surface area contributed by atoms with E-state index in [0.29, 0.717) is 19.4 Å². The summed E-state index contributed by atoms with van der Waals surface area (Å²) in [4.78, 5) is 24.2. The van der Waals surface area contributed by atoms with Gasteiger partial charge >= 0.3 is 11.9 Å². The van der Waals surface area contributed by atoms with Gasteiger partial charge in [0.25, 0.3) is 0 Å². The fourth-order valence-electron chi connectivity index (χ4n) is 2.47. The molecule has 1 aromatic carbocycles. The Labute approximate surface area is 105 Å². The second-order valence-corrected chi connectivity index (χ2v) is 4.40. The quantitative estimate of drug-likeness (QED) is 0.847. The molecule has 18 heavy (non-hydrogen) atoms. The highest BCUT2D eigenvalue weighted by atomic mass is 16.4. The van der Waals surface area contributed by atoms with Crippen molar-refractivity contribution in [1.29, 1.82) is 0 Å². The summed E-state index contributed by atoms with van der Waals surface area (Å²) in [6, 6.07) is 8.11. The van der Waals surface area contributed by atoms with Crippen molar-refractivity contribution in [2.24, 2.45) is 5.92 Å². The van der Waals surface area contributed by atoms with Crippen molar-refractivity contribution in [1.82, 2.24) is 0 Å². The minimum absolute atomic E-state index is 0.412. The van der Waals surface area contributed by atoms with Crippen molar-refractivity contribution < 1.29 is 19.8 Å². The minimum atomic E-state index is -1.08. The second kappa shape index (κ2) is 5.08. The fourth-order valence-corrected chi connectivity index (χ4v) is 2.47. The largest absolute Gasteiger partial charge is 0.481 e. The van der Waals surface area contributed by atoms with Crippen LogP contribution in [0.3, 0.4) is 0 Å². The molecule has 1 aromatic rings. The van der Waals surface area contributed by atoms with Crippen LogP contribution in [0.5, 0.6) is 0 Å². The highest BCUT2D eigenvalue weighted by Gasteiger charge is 2.41. The van der Waals surface area contributed by atoms with Gasteiger partial charge in [-0.15, -0.1) is 0 Å². The predicted octanol–water partition coefficient (Wildman–Crippen LogP) is 1.44. The number of nitrogens with zero attached hydrogens (tertiary/aromatic N) is 1. The van der Waals surface area contributed by atoms with E-state index in [-0.39, 0.29) is 0 Å². The number of piperidine rings is 1. The molecule has 0 spiro atoms. The lowest BCUT2D eigenvalue weighted by Gasteiger charge is -2.38. The predicted molar refractivity (Wildman–Crippen MR) is 65.6 cm³/mol. The number of rotatable bonds is 3. The molecule has 0 bridgehead atoms. The van der Waals surface area contributed by atoms with Crippen LogP contribution in [0.2, 0.25) is 0 Å². The van der Waals surface area contributed by atoms with Gasteiger partial charge < -0.3 is 15.1 Å². The van der Waals surface area contributed by atoms with Gasteiger partial charge in [-0.2, -0.15) is 0 Å². The molecule has 0 aromatic heterocycles. The summed E-state index contributed by atoms with van der Waals surface area (Å²) in [5, 5.41) is 18.4. The topological polar surface area (TPSA) is 77.8 Å². The minimum Gasteiger partial charge on any atom is -0.481 e. The van der Waals surface area contributed by atoms with Gasteiger partial charge in [-0.25, -0.2) is 4.79 Å². The van der Waals surface area contributed by atoms with E-state index in [2.05, 4.69) is 0 Å². The van der Waals surface area contributed by atoms with E-state index in [0.717, 1.165) is 5.69 Å². The molecule has 1 saturated heterocycles. The molecule has 1 aliphatic heterocycles. The van der Waals surface area contributed by atoms with E-state index < -0.39 is 23.9 Å². The van der Waals surface area contributed by atoms with Gasteiger partial charge in [0.05, 0.1) is 5.92 Å². The summed E-state index contributed by atoms with van der Waals surface area (Å²) in [6.07, 6.45) is 1.10. The van der Waals surface area contributed by atoms with E-state index in [1.165, 1.54) is 0 Å². The van der Waals surface area contributed by atoms with Crippen LogP contribution in [0, 0.1) is 5.92 Å². The van der Waals surface area contributed by atoms with Gasteiger partial charge in [0.1, 0.15) is 6.04 Å². The van der Waals surface area contributed by atoms with E-state index in [1.807, 2.05) is 18.2 Å². The lowest BCUT2D eigenvalue weighted by molar-refractivity contribution is -0.151. The molecule has 2 unspecified atom stereocenters. The zero-order valence-corrected chi connectivity index (χ0v) is 9.82. The van der Waals surface area contributed by atoms with Crippen molar-refractivity contribution in [3.8, 4) is 0 Å². The Morgan fingerprint density at radius 3 is 2.33 bits per heavy atom. The maximum atomic E-state index is 11.3. The lowest BCUT2D eigenvalue weighted by atomic mass is 9.88. The number of carboxylic acid groups (broad SMARTS) is 2. The number of carboxylic acids is 2. The highest BCUT2D eigenvalue weighted by Crippen LogP contribution is 2.29. The third kappa shape index (κ3) is 2.30. The van der Waals surface area contributed by atoms with E-state index >= 15 is 0 Å². The zero-order valence-electron chi connectivity index (χ0n) is 9.82. The summed E-state index contributed by atoms with van der Waals surface area (Å²) >= 11 is 0. The Kier molecular flexibility index (Phi) is 3.50. The summed E-state index contributed by atoms with van der Waals surface area (Å²) in [7, 11) is 0. The maximum absolute atomic E-state index is 11.3. The first-order valence-electron chi connectivity index (χ1n) is 5.88. The van der Waals surface area contributed by atoms with Crippen molar-refractivity contribution in [3.63, 3.8) is 0 Å². The zero-order chi connectivity index (χ0) is 13.1. The molecule has 0 amide bonds. The van der Waals surface area contributed by atoms with E-state index in [4.69, 9.17) is 5.11 Å². The molecule has 1 aliphatic rings. The number of carbonyl (C=O) groups is 2. The average Bonchev–Trinajstić information content (AvgIpc) is 2.38. The first-order chi connectivity index (χ1) is 8.61. The Morgan fingerprint density at radius 1 is 1.11 bits per heavy atom. The number of hydrogen-bond donors (Lipinski definition) is 2. The monoisotopic (exact) mass is 249 g/mol. The SMILES string of the molecule is O=C(O)C1CCCN(c2ccccc2)C1C(=O)O. The summed E-state index contributed by atoms with van der Waals surface area (Å²) < 4.78 is 0. The average molecular weight is 249 g/mol. The Hall–Kier alpha value is -2.04. The van der Waals surface area contributed by atoms with Gasteiger partial charge in [-0.05, 0) is 25.0 Å². The molecule has 2 atom stereocenters. The molecular weight excluding hydrogens is 234 g/mol. The van der Waals surface area contributed by atoms with E-state index in [1.54, 1.807) is 17.0 Å². The molecule has 5 nitrogen and oxygen atoms in total. The first-order valence-corrected chi connectivity index (χ1v) is 5.88. The third-order valence-electron chi connectivity index (χ3n) is 3.29. The van der Waals surface area contributed by atoms with Crippen LogP contribution in [0.25, 0.3) is 0 Å². The van der Waals surface area contributed by atoms with Crippen LogP contribution in [0.15, 0.2) is 30.3 Å². The number of para-hydroxylation sites is 1. The van der Waals surface area contributed by atoms with Crippen LogP contribution >= 0.6 is 0 Å². The van der Waals surface area contributed by atoms with Crippen LogP contribution in [-0.4, -0.2) is 34.7 Å². The summed E-state index contributed by atoms with van der Waals surface area (Å²) in [5.74, 6) is -2.97. The Bertz CT molecular complexity index is 446. The first kappa shape index (κ1) is 12.4. The van der Waals surface area contributed by atoms with Crippen molar-refractivity contribution >= 4 is 17.6 Å². The van der Waals surface area contributed by atoms with Crippen molar-refractivity contribution in [3.05, 3.63) is 30.3 Å². The van der Waals surface area contributed by atoms with E-state index in [9.17, 15) is 14.7 Å². The molecule has 1 fully saturated rings. The molecule has 5 heteroatoms. The maximum Gasteiger partial charge on any atom is 0.327 e. The highest BCUT2D eigenvalue weighted by molar-refractivity contribution is 5.86. The van der Waals surface area contributed by atoms with Gasteiger partial charge in [0, 0.05) is 12.2 Å². The standard InChI is InChI=1S/C13H15NO4/c15-12(16)10-7-4-8-14(11(10)13(17)18)9-5-2-1-3-6-9/h1-3,5-6,10-11H,4,7-8H2,(H,15,16)(H,17,18). The molecule has 96 valence electrons. The van der Waals surface area contributed by atoms with Gasteiger partial charge in [-0.3, -0.25) is 4.79 Å². The molecule has 0 radical (unpaired) electrons. The lowest BCUT2D eigenvalue weighted by Crippen LogP contribution is -2.52. The molecule has 0 saturated carbocycles. The fraction of sp³-hybridized carbons (Fsp3) is 0.385. The Morgan fingerprint density at radius 2 is 1.78 bits per heavy atom. The molecule has 2 N–H and O–H groups in total. The van der Waals surface area contributed by atoms with Crippen LogP contribution < -0.4 is 4.90 Å². The van der Waals surface area contributed by atoms with Crippen LogP contribution in [0.4, 0.5) is 5.69 Å². The number of anilines is 1. The van der Waals surface area contributed by atoms with Gasteiger partial charge in [0.2, 0.25) is 0 Å². The van der Waals surface area contributed by atoms with Gasteiger partial charge in [-0.1, -0.05) is 18.2 Å². The molecule has 1 heterocycles. The smallest absolute Gasteiger partial charge is 0.327 e. The summed E-state index contributed by atoms with van der Waals surface area (Å²) in [6.45, 7) is 0.574. The molecular formula is C13H15NO4. The number of aliphatic carboxylic acids is 2. The second-order valence-electron chi connectivity index (χ2n) is 4.40. The van der Waals surface area contributed by atoms with Crippen LogP contribution in [-0.2, 0) is 9.59 Å². The Balaban J connectivity index is 2.33. The summed E-state index contributed by atoms with van der Waals surface area (Å²) in [5.41, 5.74) is 0.760. The third-order valence-corrected chi connectivity index (χ3v) is 3.29. The number of benzene rings is 1. The van der Waals surface area contributed by atoms with Gasteiger partial charge in [0.15, 0.2) is 0 Å². The molecule has 0 aliphatic carbocycles. The molecule has 2 rings (SSSR count).